The number of benzene rings is 1. The fourth-order valence-corrected chi connectivity index (χ4v) is 2.63. The summed E-state index contributed by atoms with van der Waals surface area (Å²) < 4.78 is 20.9. The Hall–Kier alpha value is -2.36. The first-order chi connectivity index (χ1) is 12.8. The summed E-state index contributed by atoms with van der Waals surface area (Å²) >= 11 is 0. The van der Waals surface area contributed by atoms with Gasteiger partial charge in [-0.3, -0.25) is 4.79 Å². The fourth-order valence-electron chi connectivity index (χ4n) is 2.63. The summed E-state index contributed by atoms with van der Waals surface area (Å²) in [6.07, 6.45) is -5.99. The zero-order chi connectivity index (χ0) is 20.0. The van der Waals surface area contributed by atoms with Crippen molar-refractivity contribution in [2.24, 2.45) is 0 Å². The van der Waals surface area contributed by atoms with E-state index in [-0.39, 0.29) is 0 Å². The lowest BCUT2D eigenvalue weighted by Gasteiger charge is -2.40. The van der Waals surface area contributed by atoms with Crippen molar-refractivity contribution in [3.63, 3.8) is 0 Å². The van der Waals surface area contributed by atoms with Crippen molar-refractivity contribution >= 4 is 12.1 Å². The van der Waals surface area contributed by atoms with E-state index >= 15 is 0 Å². The number of hydrogen-bond donors (Lipinski definition) is 3. The zero-order valence-corrected chi connectivity index (χ0v) is 15.5. The van der Waals surface area contributed by atoms with Gasteiger partial charge in [-0.1, -0.05) is 12.1 Å². The van der Waals surface area contributed by atoms with Gasteiger partial charge in [0.15, 0.2) is 6.10 Å². The van der Waals surface area contributed by atoms with Crippen LogP contribution in [0.3, 0.4) is 0 Å². The van der Waals surface area contributed by atoms with Crippen LogP contribution in [0, 0.1) is 0 Å². The van der Waals surface area contributed by atoms with Crippen LogP contribution in [0.15, 0.2) is 24.3 Å². The van der Waals surface area contributed by atoms with Gasteiger partial charge >= 0.3 is 12.1 Å². The number of carbonyl (C=O) groups is 2. The Labute approximate surface area is 157 Å². The van der Waals surface area contributed by atoms with E-state index in [1.807, 2.05) is 0 Å². The Morgan fingerprint density at radius 1 is 1.19 bits per heavy atom. The molecule has 1 aromatic rings. The molecule has 1 aliphatic heterocycles. The molecule has 9 heteroatoms. The maximum atomic E-state index is 11.3. The molecular weight excluding hydrogens is 358 g/mol. The van der Waals surface area contributed by atoms with Gasteiger partial charge in [-0.15, -0.1) is 0 Å². The average molecular weight is 383 g/mol. The van der Waals surface area contributed by atoms with Crippen molar-refractivity contribution in [3.05, 3.63) is 29.8 Å². The number of nitrogens with one attached hydrogen (secondary N) is 1. The smallest absolute Gasteiger partial charge is 0.407 e. The van der Waals surface area contributed by atoms with Crippen molar-refractivity contribution in [2.75, 3.05) is 6.61 Å². The van der Waals surface area contributed by atoms with Gasteiger partial charge in [-0.05, 0) is 31.5 Å². The van der Waals surface area contributed by atoms with Gasteiger partial charge in [0.2, 0.25) is 6.29 Å². The van der Waals surface area contributed by atoms with Crippen molar-refractivity contribution in [3.8, 4) is 5.75 Å². The van der Waals surface area contributed by atoms with E-state index in [0.717, 1.165) is 5.56 Å². The van der Waals surface area contributed by atoms with Crippen LogP contribution in [0.5, 0.6) is 5.75 Å². The van der Waals surface area contributed by atoms with Gasteiger partial charge in [-0.25, -0.2) is 4.79 Å². The number of amides is 1. The first-order valence-corrected chi connectivity index (χ1v) is 8.66. The SMILES string of the molecule is CCOC(=O)NCc1ccc(O[C@@H]2O[C@@H](C)[C@H](OC(C)=O)[C@@H](O)[C@H]2O)cc1. The van der Waals surface area contributed by atoms with Crippen molar-refractivity contribution in [1.29, 1.82) is 0 Å². The van der Waals surface area contributed by atoms with Crippen LogP contribution in [-0.2, 0) is 25.5 Å². The number of aliphatic hydroxyl groups excluding tert-OH is 2. The molecule has 27 heavy (non-hydrogen) atoms. The quantitative estimate of drug-likeness (QED) is 0.614. The highest BCUT2D eigenvalue weighted by Crippen LogP contribution is 2.26. The second-order valence-electron chi connectivity index (χ2n) is 6.10. The minimum Gasteiger partial charge on any atom is -0.462 e. The van der Waals surface area contributed by atoms with E-state index in [0.29, 0.717) is 18.9 Å². The molecule has 150 valence electrons. The number of alkyl carbamates (subject to hydrolysis) is 1. The lowest BCUT2D eigenvalue weighted by atomic mass is 9.99. The normalized spacial score (nSPS) is 27.5. The standard InChI is InChI=1S/C18H25NO8/c1-4-24-18(23)19-9-12-5-7-13(8-6-12)27-17-15(22)14(21)16(10(2)25-17)26-11(3)20/h5-8,10,14-17,21-22H,4,9H2,1-3H3,(H,19,23)/t10-,14-,15+,16-,17-/m0/s1. The van der Waals surface area contributed by atoms with Crippen LogP contribution < -0.4 is 10.1 Å². The average Bonchev–Trinajstić information content (AvgIpc) is 2.62. The first-order valence-electron chi connectivity index (χ1n) is 8.66. The molecule has 1 heterocycles. The summed E-state index contributed by atoms with van der Waals surface area (Å²) in [5.74, 6) is -0.169. The molecule has 1 fully saturated rings. The van der Waals surface area contributed by atoms with Gasteiger partial charge in [0.05, 0.1) is 12.7 Å². The molecule has 5 atom stereocenters. The van der Waals surface area contributed by atoms with E-state index in [2.05, 4.69) is 5.32 Å². The Morgan fingerprint density at radius 3 is 2.44 bits per heavy atom. The number of carbonyl (C=O) groups excluding carboxylic acids is 2. The van der Waals surface area contributed by atoms with Crippen LogP contribution in [0.1, 0.15) is 26.3 Å². The summed E-state index contributed by atoms with van der Waals surface area (Å²) in [5, 5.41) is 23.0. The molecule has 9 nitrogen and oxygen atoms in total. The van der Waals surface area contributed by atoms with Crippen LogP contribution >= 0.6 is 0 Å². The van der Waals surface area contributed by atoms with Crippen LogP contribution in [0.4, 0.5) is 4.79 Å². The third kappa shape index (κ3) is 5.81. The molecular formula is C18H25NO8. The fraction of sp³-hybridized carbons (Fsp3) is 0.556. The van der Waals surface area contributed by atoms with E-state index < -0.39 is 42.8 Å². The van der Waals surface area contributed by atoms with Gasteiger partial charge < -0.3 is 34.5 Å². The third-order valence-electron chi connectivity index (χ3n) is 3.97. The highest BCUT2D eigenvalue weighted by molar-refractivity contribution is 5.67. The molecule has 0 aliphatic carbocycles. The molecule has 0 bridgehead atoms. The number of hydrogen-bond acceptors (Lipinski definition) is 8. The minimum atomic E-state index is -1.39. The van der Waals surface area contributed by atoms with Gasteiger partial charge in [0.1, 0.15) is 18.0 Å². The molecule has 2 rings (SSSR count). The Balaban J connectivity index is 1.93. The van der Waals surface area contributed by atoms with Crippen molar-refractivity contribution < 1.29 is 38.7 Å². The van der Waals surface area contributed by atoms with E-state index in [9.17, 15) is 19.8 Å². The van der Waals surface area contributed by atoms with Crippen LogP contribution in [-0.4, -0.2) is 59.6 Å². The lowest BCUT2D eigenvalue weighted by Crippen LogP contribution is -2.59. The Kier molecular flexibility index (Phi) is 7.40. The van der Waals surface area contributed by atoms with E-state index in [4.69, 9.17) is 18.9 Å². The number of esters is 1. The predicted molar refractivity (Wildman–Crippen MR) is 92.8 cm³/mol. The van der Waals surface area contributed by atoms with E-state index in [1.165, 1.54) is 6.92 Å². The molecule has 1 amide bonds. The molecule has 1 aliphatic rings. The minimum absolute atomic E-state index is 0.293. The molecule has 0 aromatic heterocycles. The predicted octanol–water partition coefficient (Wildman–Crippen LogP) is 0.710. The van der Waals surface area contributed by atoms with Crippen molar-refractivity contribution in [2.45, 2.75) is 58.0 Å². The highest BCUT2D eigenvalue weighted by Gasteiger charge is 2.45. The molecule has 0 spiro atoms. The summed E-state index contributed by atoms with van der Waals surface area (Å²) in [7, 11) is 0. The first kappa shape index (κ1) is 20.9. The number of aliphatic hydroxyl groups is 2. The highest BCUT2D eigenvalue weighted by atomic mass is 16.7. The Bertz CT molecular complexity index is 635. The van der Waals surface area contributed by atoms with E-state index in [1.54, 1.807) is 38.1 Å². The second kappa shape index (κ2) is 9.54. The van der Waals surface area contributed by atoms with Gasteiger partial charge in [0, 0.05) is 13.5 Å². The van der Waals surface area contributed by atoms with Gasteiger partial charge in [0.25, 0.3) is 0 Å². The molecule has 1 aromatic carbocycles. The summed E-state index contributed by atoms with van der Waals surface area (Å²) in [4.78, 5) is 22.4. The summed E-state index contributed by atoms with van der Waals surface area (Å²) in [6.45, 7) is 5.14. The molecule has 0 saturated carbocycles. The number of ether oxygens (including phenoxy) is 4. The summed E-state index contributed by atoms with van der Waals surface area (Å²) in [6, 6.07) is 6.76. The maximum absolute atomic E-state index is 11.3. The topological polar surface area (TPSA) is 124 Å². The Morgan fingerprint density at radius 2 is 1.85 bits per heavy atom. The number of rotatable bonds is 6. The largest absolute Gasteiger partial charge is 0.462 e. The van der Waals surface area contributed by atoms with Crippen LogP contribution in [0.2, 0.25) is 0 Å². The molecule has 1 saturated heterocycles. The molecule has 0 radical (unpaired) electrons. The maximum Gasteiger partial charge on any atom is 0.407 e. The lowest BCUT2D eigenvalue weighted by molar-refractivity contribution is -0.272. The third-order valence-corrected chi connectivity index (χ3v) is 3.97. The monoisotopic (exact) mass is 383 g/mol. The second-order valence-corrected chi connectivity index (χ2v) is 6.10. The van der Waals surface area contributed by atoms with Crippen molar-refractivity contribution in [1.82, 2.24) is 5.32 Å². The van der Waals surface area contributed by atoms with Crippen LogP contribution in [0.25, 0.3) is 0 Å². The molecule has 0 unspecified atom stereocenters. The van der Waals surface area contributed by atoms with Gasteiger partial charge in [-0.2, -0.15) is 0 Å². The molecule has 3 N–H and O–H groups in total. The zero-order valence-electron chi connectivity index (χ0n) is 15.5. The summed E-state index contributed by atoms with van der Waals surface area (Å²) in [5.41, 5.74) is 0.823.